The quantitative estimate of drug-likeness (QED) is 0.554. The highest BCUT2D eigenvalue weighted by atomic mass is 19.1. The van der Waals surface area contributed by atoms with Crippen molar-refractivity contribution in [1.82, 2.24) is 19.8 Å². The number of benzene rings is 1. The van der Waals surface area contributed by atoms with Crippen LogP contribution in [-0.2, 0) is 11.8 Å². The number of aromatic nitrogens is 2. The molecule has 2 N–H and O–H groups in total. The summed E-state index contributed by atoms with van der Waals surface area (Å²) < 4.78 is 20.6. The van der Waals surface area contributed by atoms with Gasteiger partial charge in [-0.1, -0.05) is 12.1 Å². The number of ether oxygens (including phenoxy) is 1. The van der Waals surface area contributed by atoms with Crippen molar-refractivity contribution in [3.63, 3.8) is 0 Å². The highest BCUT2D eigenvalue weighted by molar-refractivity contribution is 6.05. The first-order valence-electron chi connectivity index (χ1n) is 10.7. The van der Waals surface area contributed by atoms with Crippen molar-refractivity contribution in [2.24, 2.45) is 7.05 Å². The Bertz CT molecular complexity index is 1060. The number of piperazine rings is 1. The average molecular weight is 438 g/mol. The van der Waals surface area contributed by atoms with Crippen LogP contribution in [0.4, 0.5) is 10.2 Å². The van der Waals surface area contributed by atoms with Gasteiger partial charge in [-0.15, -0.1) is 0 Å². The first-order valence-corrected chi connectivity index (χ1v) is 10.7. The number of carbonyl (C=O) groups excluding carboxylic acids is 1. The Morgan fingerprint density at radius 3 is 2.41 bits per heavy atom. The Labute approximate surface area is 187 Å². The van der Waals surface area contributed by atoms with Crippen molar-refractivity contribution in [2.45, 2.75) is 0 Å². The molecular formula is C24H28FN5O2. The zero-order chi connectivity index (χ0) is 22.5. The summed E-state index contributed by atoms with van der Waals surface area (Å²) >= 11 is 0. The second kappa shape index (κ2) is 9.93. The van der Waals surface area contributed by atoms with Crippen LogP contribution in [0.5, 0.6) is 0 Å². The van der Waals surface area contributed by atoms with E-state index < -0.39 is 5.97 Å². The highest BCUT2D eigenvalue weighted by Crippen LogP contribution is 2.42. The zero-order valence-corrected chi connectivity index (χ0v) is 18.4. The van der Waals surface area contributed by atoms with Gasteiger partial charge < -0.3 is 19.9 Å². The van der Waals surface area contributed by atoms with E-state index in [0.29, 0.717) is 11.3 Å². The monoisotopic (exact) mass is 437 g/mol. The summed E-state index contributed by atoms with van der Waals surface area (Å²) in [6, 6.07) is 9.99. The maximum absolute atomic E-state index is 13.7. The molecule has 4 rings (SSSR count). The molecule has 0 aliphatic carbocycles. The van der Waals surface area contributed by atoms with Crippen LogP contribution in [0, 0.1) is 5.82 Å². The predicted molar refractivity (Wildman–Crippen MR) is 123 cm³/mol. The van der Waals surface area contributed by atoms with Crippen LogP contribution in [0.25, 0.3) is 22.3 Å². The summed E-state index contributed by atoms with van der Waals surface area (Å²) in [5.41, 5.74) is 3.63. The SMILES string of the molecule is COC(=O)c1c(-c2ccc(F)cc2)c(-c2ccncc2)c(NCCN2CCNCC2)n1C. The van der Waals surface area contributed by atoms with Crippen molar-refractivity contribution >= 4 is 11.8 Å². The van der Waals surface area contributed by atoms with Gasteiger partial charge in [-0.3, -0.25) is 9.88 Å². The molecule has 1 saturated heterocycles. The number of methoxy groups -OCH3 is 1. The maximum Gasteiger partial charge on any atom is 0.355 e. The van der Waals surface area contributed by atoms with E-state index in [0.717, 1.165) is 61.8 Å². The Hall–Kier alpha value is -3.23. The Kier molecular flexibility index (Phi) is 6.82. The Balaban J connectivity index is 1.80. The van der Waals surface area contributed by atoms with Gasteiger partial charge in [0, 0.05) is 69.8 Å². The molecular weight excluding hydrogens is 409 g/mol. The van der Waals surface area contributed by atoms with Crippen molar-refractivity contribution in [3.05, 3.63) is 60.3 Å². The number of hydrogen-bond donors (Lipinski definition) is 2. The molecule has 2 aromatic heterocycles. The van der Waals surface area contributed by atoms with Crippen LogP contribution in [0.2, 0.25) is 0 Å². The number of nitrogens with zero attached hydrogens (tertiary/aromatic N) is 3. The van der Waals surface area contributed by atoms with Gasteiger partial charge in [0.05, 0.1) is 7.11 Å². The molecule has 1 aliphatic rings. The first kappa shape index (κ1) is 22.0. The van der Waals surface area contributed by atoms with E-state index in [-0.39, 0.29) is 5.82 Å². The largest absolute Gasteiger partial charge is 0.464 e. The molecule has 168 valence electrons. The maximum atomic E-state index is 13.7. The summed E-state index contributed by atoms with van der Waals surface area (Å²) in [4.78, 5) is 19.4. The number of rotatable bonds is 7. The third-order valence-corrected chi connectivity index (χ3v) is 5.81. The summed E-state index contributed by atoms with van der Waals surface area (Å²) in [6.45, 7) is 5.63. The van der Waals surface area contributed by atoms with E-state index in [1.807, 2.05) is 23.7 Å². The molecule has 0 spiro atoms. The number of esters is 1. The van der Waals surface area contributed by atoms with Crippen LogP contribution in [0.15, 0.2) is 48.8 Å². The van der Waals surface area contributed by atoms with Gasteiger partial charge in [0.15, 0.2) is 0 Å². The molecule has 3 aromatic rings. The van der Waals surface area contributed by atoms with E-state index in [9.17, 15) is 9.18 Å². The fourth-order valence-corrected chi connectivity index (χ4v) is 4.19. The highest BCUT2D eigenvalue weighted by Gasteiger charge is 2.28. The molecule has 7 nitrogen and oxygen atoms in total. The van der Waals surface area contributed by atoms with Crippen LogP contribution in [-0.4, -0.2) is 66.8 Å². The predicted octanol–water partition coefficient (Wildman–Crippen LogP) is 3.00. The van der Waals surface area contributed by atoms with Gasteiger partial charge in [-0.2, -0.15) is 0 Å². The van der Waals surface area contributed by atoms with Gasteiger partial charge in [0.2, 0.25) is 0 Å². The van der Waals surface area contributed by atoms with Gasteiger partial charge in [-0.05, 0) is 35.4 Å². The lowest BCUT2D eigenvalue weighted by Crippen LogP contribution is -2.45. The second-order valence-corrected chi connectivity index (χ2v) is 7.76. The summed E-state index contributed by atoms with van der Waals surface area (Å²) in [6.07, 6.45) is 3.44. The van der Waals surface area contributed by atoms with Gasteiger partial charge in [0.25, 0.3) is 0 Å². The summed E-state index contributed by atoms with van der Waals surface area (Å²) in [5.74, 6) is 0.0347. The molecule has 0 atom stereocenters. The van der Waals surface area contributed by atoms with E-state index in [4.69, 9.17) is 4.74 Å². The standard InChI is InChI=1S/C24H28FN5O2/c1-29-22(24(31)32-2)20(17-3-5-19(25)6-4-17)21(18-7-9-26-10-8-18)23(29)28-13-16-30-14-11-27-12-15-30/h3-10,27-28H,11-16H2,1-2H3. The lowest BCUT2D eigenvalue weighted by atomic mass is 9.96. The van der Waals surface area contributed by atoms with Crippen LogP contribution in [0.1, 0.15) is 10.5 Å². The van der Waals surface area contributed by atoms with Crippen LogP contribution < -0.4 is 10.6 Å². The van der Waals surface area contributed by atoms with Crippen molar-refractivity contribution in [2.75, 3.05) is 51.7 Å². The summed E-state index contributed by atoms with van der Waals surface area (Å²) in [5, 5.41) is 6.91. The number of halogens is 1. The number of hydrogen-bond acceptors (Lipinski definition) is 6. The van der Waals surface area contributed by atoms with E-state index >= 15 is 0 Å². The van der Waals surface area contributed by atoms with Crippen molar-refractivity contribution in [3.8, 4) is 22.3 Å². The van der Waals surface area contributed by atoms with Gasteiger partial charge >= 0.3 is 5.97 Å². The van der Waals surface area contributed by atoms with Crippen LogP contribution >= 0.6 is 0 Å². The number of carbonyl (C=O) groups is 1. The molecule has 8 heteroatoms. The van der Waals surface area contributed by atoms with Gasteiger partial charge in [-0.25, -0.2) is 9.18 Å². The third kappa shape index (κ3) is 4.51. The Morgan fingerprint density at radius 1 is 1.09 bits per heavy atom. The minimum absolute atomic E-state index is 0.330. The lowest BCUT2D eigenvalue weighted by Gasteiger charge is -2.27. The number of pyridine rings is 1. The molecule has 3 heterocycles. The minimum Gasteiger partial charge on any atom is -0.464 e. The molecule has 0 unspecified atom stereocenters. The van der Waals surface area contributed by atoms with E-state index in [2.05, 4.69) is 20.5 Å². The molecule has 1 aliphatic heterocycles. The fraction of sp³-hybridized carbons (Fsp3) is 0.333. The molecule has 0 amide bonds. The Morgan fingerprint density at radius 2 is 1.75 bits per heavy atom. The van der Waals surface area contributed by atoms with Gasteiger partial charge in [0.1, 0.15) is 17.3 Å². The first-order chi connectivity index (χ1) is 15.6. The van der Waals surface area contributed by atoms with Crippen LogP contribution in [0.3, 0.4) is 0 Å². The second-order valence-electron chi connectivity index (χ2n) is 7.76. The molecule has 0 radical (unpaired) electrons. The molecule has 1 aromatic carbocycles. The topological polar surface area (TPSA) is 71.4 Å². The third-order valence-electron chi connectivity index (χ3n) is 5.81. The summed E-state index contributed by atoms with van der Waals surface area (Å²) in [7, 11) is 3.21. The number of nitrogens with one attached hydrogen (secondary N) is 2. The average Bonchev–Trinajstić information content (AvgIpc) is 3.12. The smallest absolute Gasteiger partial charge is 0.355 e. The fourth-order valence-electron chi connectivity index (χ4n) is 4.19. The number of anilines is 1. The molecule has 1 fully saturated rings. The minimum atomic E-state index is -0.447. The van der Waals surface area contributed by atoms with Crippen molar-refractivity contribution < 1.29 is 13.9 Å². The van der Waals surface area contributed by atoms with E-state index in [1.54, 1.807) is 24.5 Å². The molecule has 0 bridgehead atoms. The zero-order valence-electron chi connectivity index (χ0n) is 18.4. The van der Waals surface area contributed by atoms with Crippen molar-refractivity contribution in [1.29, 1.82) is 0 Å². The van der Waals surface area contributed by atoms with E-state index in [1.165, 1.54) is 19.2 Å². The molecule has 0 saturated carbocycles. The lowest BCUT2D eigenvalue weighted by molar-refractivity contribution is 0.0591. The normalized spacial score (nSPS) is 14.3. The molecule has 32 heavy (non-hydrogen) atoms.